The second-order valence-corrected chi connectivity index (χ2v) is 5.57. The van der Waals surface area contributed by atoms with Crippen LogP contribution >= 0.6 is 0 Å². The molecule has 0 aliphatic heterocycles. The quantitative estimate of drug-likeness (QED) is 0.902. The number of benzene rings is 1. The lowest BCUT2D eigenvalue weighted by Gasteiger charge is -2.37. The first-order valence-electron chi connectivity index (χ1n) is 7.15. The molecular weight excluding hydrogens is 281 g/mol. The van der Waals surface area contributed by atoms with Crippen LogP contribution < -0.4 is 10.6 Å². The number of rotatable bonds is 3. The molecule has 0 aromatic heterocycles. The first-order chi connectivity index (χ1) is 9.84. The van der Waals surface area contributed by atoms with Crippen LogP contribution in [0, 0.1) is 0 Å². The summed E-state index contributed by atoms with van der Waals surface area (Å²) in [5.41, 5.74) is 5.51. The minimum Gasteiger partial charge on any atom is -0.391 e. The molecular formula is C15H21F3N2O. The summed E-state index contributed by atoms with van der Waals surface area (Å²) >= 11 is 0. The summed E-state index contributed by atoms with van der Waals surface area (Å²) in [4.78, 5) is 1.86. The zero-order valence-corrected chi connectivity index (χ0v) is 12.0. The van der Waals surface area contributed by atoms with Crippen molar-refractivity contribution in [3.63, 3.8) is 0 Å². The van der Waals surface area contributed by atoms with Gasteiger partial charge in [0.1, 0.15) is 0 Å². The predicted molar refractivity (Wildman–Crippen MR) is 76.0 cm³/mol. The van der Waals surface area contributed by atoms with Crippen LogP contribution in [-0.4, -0.2) is 24.3 Å². The van der Waals surface area contributed by atoms with Crippen molar-refractivity contribution >= 4 is 5.69 Å². The Balaban J connectivity index is 2.28. The number of aliphatic hydroxyl groups excluding tert-OH is 1. The van der Waals surface area contributed by atoms with E-state index in [0.717, 1.165) is 31.7 Å². The van der Waals surface area contributed by atoms with Gasteiger partial charge in [-0.1, -0.05) is 12.8 Å². The Morgan fingerprint density at radius 3 is 2.52 bits per heavy atom. The number of anilines is 1. The monoisotopic (exact) mass is 302 g/mol. The van der Waals surface area contributed by atoms with Crippen molar-refractivity contribution in [2.24, 2.45) is 5.73 Å². The Hall–Kier alpha value is -1.27. The number of nitrogens with two attached hydrogens (primary N) is 1. The average Bonchev–Trinajstić information content (AvgIpc) is 2.45. The molecule has 1 aliphatic rings. The van der Waals surface area contributed by atoms with E-state index in [0.29, 0.717) is 5.69 Å². The van der Waals surface area contributed by atoms with E-state index in [4.69, 9.17) is 5.73 Å². The van der Waals surface area contributed by atoms with Gasteiger partial charge < -0.3 is 15.7 Å². The summed E-state index contributed by atoms with van der Waals surface area (Å²) in [7, 11) is 1.81. The summed E-state index contributed by atoms with van der Waals surface area (Å²) in [6.45, 7) is -0.163. The molecule has 3 N–H and O–H groups in total. The maximum Gasteiger partial charge on any atom is 0.416 e. The van der Waals surface area contributed by atoms with Gasteiger partial charge in [-0.3, -0.25) is 0 Å². The van der Waals surface area contributed by atoms with Crippen LogP contribution in [0.5, 0.6) is 0 Å². The van der Waals surface area contributed by atoms with Crippen molar-refractivity contribution in [2.45, 2.75) is 50.6 Å². The van der Waals surface area contributed by atoms with Crippen LogP contribution in [0.4, 0.5) is 18.9 Å². The third-order valence-electron chi connectivity index (χ3n) is 4.21. The molecule has 1 aromatic carbocycles. The fourth-order valence-corrected chi connectivity index (χ4v) is 2.98. The first kappa shape index (κ1) is 16.1. The molecule has 1 aromatic rings. The molecule has 3 nitrogen and oxygen atoms in total. The van der Waals surface area contributed by atoms with E-state index < -0.39 is 17.8 Å². The van der Waals surface area contributed by atoms with Gasteiger partial charge in [0.25, 0.3) is 0 Å². The number of aliphatic hydroxyl groups is 1. The third kappa shape index (κ3) is 3.49. The minimum atomic E-state index is -4.39. The lowest BCUT2D eigenvalue weighted by molar-refractivity contribution is -0.138. The fraction of sp³-hybridized carbons (Fsp3) is 0.600. The highest BCUT2D eigenvalue weighted by atomic mass is 19.4. The molecule has 1 saturated carbocycles. The summed E-state index contributed by atoms with van der Waals surface area (Å²) in [5, 5.41) is 10.1. The molecule has 118 valence electrons. The fourth-order valence-electron chi connectivity index (χ4n) is 2.98. The van der Waals surface area contributed by atoms with E-state index in [1.807, 2.05) is 11.9 Å². The molecule has 0 radical (unpaired) electrons. The number of alkyl halides is 3. The Labute approximate surface area is 122 Å². The van der Waals surface area contributed by atoms with Gasteiger partial charge in [-0.15, -0.1) is 0 Å². The summed E-state index contributed by atoms with van der Waals surface area (Å²) in [5.74, 6) is 0. The number of halogens is 3. The van der Waals surface area contributed by atoms with Crippen LogP contribution in [0.25, 0.3) is 0 Å². The molecule has 1 aliphatic carbocycles. The van der Waals surface area contributed by atoms with Crippen LogP contribution in [-0.2, 0) is 12.7 Å². The summed E-state index contributed by atoms with van der Waals surface area (Å²) in [6.07, 6.45) is -1.23. The lowest BCUT2D eigenvalue weighted by atomic mass is 9.91. The van der Waals surface area contributed by atoms with Crippen molar-refractivity contribution in [3.05, 3.63) is 29.3 Å². The van der Waals surface area contributed by atoms with Crippen molar-refractivity contribution in [2.75, 3.05) is 11.9 Å². The van der Waals surface area contributed by atoms with Gasteiger partial charge >= 0.3 is 6.18 Å². The Morgan fingerprint density at radius 2 is 1.95 bits per heavy atom. The average molecular weight is 302 g/mol. The smallest absolute Gasteiger partial charge is 0.391 e. The number of hydrogen-bond donors (Lipinski definition) is 2. The number of nitrogens with zero attached hydrogens (tertiary/aromatic N) is 1. The molecule has 6 heteroatoms. The molecule has 0 amide bonds. The van der Waals surface area contributed by atoms with E-state index in [1.165, 1.54) is 12.1 Å². The number of hydrogen-bond acceptors (Lipinski definition) is 3. The van der Waals surface area contributed by atoms with E-state index in [1.54, 1.807) is 0 Å². The van der Waals surface area contributed by atoms with Gasteiger partial charge in [-0.25, -0.2) is 0 Å². The largest absolute Gasteiger partial charge is 0.416 e. The second-order valence-electron chi connectivity index (χ2n) is 5.57. The molecule has 0 spiro atoms. The maximum atomic E-state index is 12.9. The lowest BCUT2D eigenvalue weighted by Crippen LogP contribution is -2.43. The van der Waals surface area contributed by atoms with E-state index in [2.05, 4.69) is 0 Å². The van der Waals surface area contributed by atoms with Crippen molar-refractivity contribution < 1.29 is 18.3 Å². The number of likely N-dealkylation sites (N-methyl/N-ethyl adjacent to an activating group) is 1. The second kappa shape index (κ2) is 6.23. The predicted octanol–water partition coefficient (Wildman–Crippen LogP) is 2.90. The van der Waals surface area contributed by atoms with Crippen molar-refractivity contribution in [1.29, 1.82) is 0 Å². The molecule has 0 bridgehead atoms. The van der Waals surface area contributed by atoms with Gasteiger partial charge in [0.2, 0.25) is 0 Å². The van der Waals surface area contributed by atoms with Crippen LogP contribution in [0.1, 0.15) is 36.8 Å². The molecule has 2 atom stereocenters. The maximum absolute atomic E-state index is 12.9. The summed E-state index contributed by atoms with van der Waals surface area (Å²) in [6, 6.07) is 3.94. The highest BCUT2D eigenvalue weighted by molar-refractivity contribution is 5.52. The SMILES string of the molecule is CN(c1ccc(C(F)(F)F)c(CN)c1)C1CCCCC1O. The Morgan fingerprint density at radius 1 is 1.29 bits per heavy atom. The van der Waals surface area contributed by atoms with Crippen LogP contribution in [0.2, 0.25) is 0 Å². The molecule has 0 saturated heterocycles. The molecule has 2 rings (SSSR count). The van der Waals surface area contributed by atoms with Crippen molar-refractivity contribution in [1.82, 2.24) is 0 Å². The van der Waals surface area contributed by atoms with E-state index in [9.17, 15) is 18.3 Å². The molecule has 21 heavy (non-hydrogen) atoms. The van der Waals surface area contributed by atoms with Gasteiger partial charge in [0.05, 0.1) is 17.7 Å². The van der Waals surface area contributed by atoms with Gasteiger partial charge in [-0.2, -0.15) is 13.2 Å². The van der Waals surface area contributed by atoms with Crippen molar-refractivity contribution in [3.8, 4) is 0 Å². The zero-order chi connectivity index (χ0) is 15.6. The van der Waals surface area contributed by atoms with Gasteiger partial charge in [0.15, 0.2) is 0 Å². The minimum absolute atomic E-state index is 0.0545. The molecule has 0 heterocycles. The Kier molecular flexibility index (Phi) is 4.78. The zero-order valence-electron chi connectivity index (χ0n) is 12.0. The van der Waals surface area contributed by atoms with Gasteiger partial charge in [-0.05, 0) is 36.6 Å². The molecule has 2 unspecified atom stereocenters. The topological polar surface area (TPSA) is 49.5 Å². The van der Waals surface area contributed by atoms with E-state index in [-0.39, 0.29) is 18.2 Å². The van der Waals surface area contributed by atoms with Gasteiger partial charge in [0, 0.05) is 19.3 Å². The normalized spacial score (nSPS) is 23.1. The van der Waals surface area contributed by atoms with E-state index >= 15 is 0 Å². The Bertz CT molecular complexity index is 490. The molecule has 1 fully saturated rings. The standard InChI is InChI=1S/C15H21F3N2O/c1-20(13-4-2-3-5-14(13)21)11-6-7-12(15(16,17)18)10(8-11)9-19/h6-8,13-14,21H,2-5,9,19H2,1H3. The van der Waals surface area contributed by atoms with Crippen LogP contribution in [0.15, 0.2) is 18.2 Å². The first-order valence-corrected chi connectivity index (χ1v) is 7.15. The third-order valence-corrected chi connectivity index (χ3v) is 4.21. The highest BCUT2D eigenvalue weighted by Crippen LogP contribution is 2.35. The highest BCUT2D eigenvalue weighted by Gasteiger charge is 2.33. The summed E-state index contributed by atoms with van der Waals surface area (Å²) < 4.78 is 38.6. The van der Waals surface area contributed by atoms with Crippen LogP contribution in [0.3, 0.4) is 0 Å².